The predicted octanol–water partition coefficient (Wildman–Crippen LogP) is 6.14. The van der Waals surface area contributed by atoms with Crippen LogP contribution in [0.2, 0.25) is 0 Å². The summed E-state index contributed by atoms with van der Waals surface area (Å²) in [6, 6.07) is 10.6. The summed E-state index contributed by atoms with van der Waals surface area (Å²) < 4.78 is 0. The Morgan fingerprint density at radius 3 is 2.87 bits per heavy atom. The third-order valence-electron chi connectivity index (χ3n) is 5.29. The first kappa shape index (κ1) is 21.0. The third kappa shape index (κ3) is 5.25. The van der Waals surface area contributed by atoms with E-state index in [9.17, 15) is 0 Å². The first-order chi connectivity index (χ1) is 14.6. The van der Waals surface area contributed by atoms with Crippen molar-refractivity contribution >= 4 is 33.5 Å². The molecular formula is C23H27N5S2. The standard InChI is InChI=1S/C23H27N5S2/c1-16(2)11-19-8-9-20(30-19)14-28-10-4-3-5-22(28)21-15-29-23(27-21)26-18-7-6-17(12-24)25-13-18/h6-9,13,15-16,22H,3-5,10-11,14H2,1-2H3,(H,26,27)/t22-/m0/s1. The van der Waals surface area contributed by atoms with Gasteiger partial charge in [0.05, 0.1) is 23.6 Å². The molecule has 0 aromatic carbocycles. The largest absolute Gasteiger partial charge is 0.330 e. The van der Waals surface area contributed by atoms with E-state index in [4.69, 9.17) is 10.2 Å². The monoisotopic (exact) mass is 437 g/mol. The SMILES string of the molecule is CC(C)Cc1ccc(CN2CCCC[C@H]2c2csc(Nc3ccc(C#N)nc3)n2)s1. The molecular weight excluding hydrogens is 410 g/mol. The van der Waals surface area contributed by atoms with Crippen molar-refractivity contribution in [3.05, 3.63) is 57.0 Å². The maximum atomic E-state index is 8.89. The molecule has 0 spiro atoms. The van der Waals surface area contributed by atoms with E-state index in [0.717, 1.165) is 36.0 Å². The number of hydrogen-bond acceptors (Lipinski definition) is 7. The molecule has 3 aromatic heterocycles. The Bertz CT molecular complexity index is 999. The molecule has 4 heterocycles. The Balaban J connectivity index is 1.43. The number of likely N-dealkylation sites (tertiary alicyclic amines) is 1. The summed E-state index contributed by atoms with van der Waals surface area (Å²) >= 11 is 3.59. The highest BCUT2D eigenvalue weighted by molar-refractivity contribution is 7.13. The number of hydrogen-bond donors (Lipinski definition) is 1. The lowest BCUT2D eigenvalue weighted by Gasteiger charge is -2.34. The topological polar surface area (TPSA) is 64.8 Å². The molecule has 1 aliphatic rings. The summed E-state index contributed by atoms with van der Waals surface area (Å²) in [6.45, 7) is 6.69. The summed E-state index contributed by atoms with van der Waals surface area (Å²) in [5, 5.41) is 15.3. The zero-order chi connectivity index (χ0) is 20.9. The number of rotatable bonds is 7. The molecule has 0 amide bonds. The van der Waals surface area contributed by atoms with Crippen LogP contribution < -0.4 is 5.32 Å². The summed E-state index contributed by atoms with van der Waals surface area (Å²) in [5.74, 6) is 0.700. The molecule has 0 saturated carbocycles. The fourth-order valence-electron chi connectivity index (χ4n) is 3.89. The molecule has 1 atom stereocenters. The van der Waals surface area contributed by atoms with Gasteiger partial charge in [-0.05, 0) is 56.0 Å². The lowest BCUT2D eigenvalue weighted by atomic mass is 10.00. The van der Waals surface area contributed by atoms with Crippen molar-refractivity contribution in [1.82, 2.24) is 14.9 Å². The Hall–Kier alpha value is -2.27. The summed E-state index contributed by atoms with van der Waals surface area (Å²) in [5.41, 5.74) is 2.43. The Labute approximate surface area is 186 Å². The first-order valence-electron chi connectivity index (χ1n) is 10.5. The zero-order valence-electron chi connectivity index (χ0n) is 17.5. The number of nitriles is 1. The van der Waals surface area contributed by atoms with Crippen molar-refractivity contribution in [3.63, 3.8) is 0 Å². The minimum Gasteiger partial charge on any atom is -0.330 e. The molecule has 0 unspecified atom stereocenters. The van der Waals surface area contributed by atoms with Gasteiger partial charge in [-0.3, -0.25) is 4.90 Å². The van der Waals surface area contributed by atoms with Gasteiger partial charge >= 0.3 is 0 Å². The second-order valence-corrected chi connectivity index (χ2v) is 10.3. The molecule has 1 N–H and O–H groups in total. The van der Waals surface area contributed by atoms with Crippen LogP contribution in [0.3, 0.4) is 0 Å². The highest BCUT2D eigenvalue weighted by Crippen LogP contribution is 2.35. The molecule has 0 radical (unpaired) electrons. The molecule has 30 heavy (non-hydrogen) atoms. The van der Waals surface area contributed by atoms with Gasteiger partial charge in [0, 0.05) is 21.7 Å². The Morgan fingerprint density at radius 1 is 1.23 bits per heavy atom. The zero-order valence-corrected chi connectivity index (χ0v) is 19.1. The number of thiazole rings is 1. The van der Waals surface area contributed by atoms with Gasteiger partial charge < -0.3 is 5.32 Å². The van der Waals surface area contributed by atoms with Crippen LogP contribution in [0.5, 0.6) is 0 Å². The van der Waals surface area contributed by atoms with Crippen LogP contribution in [0.1, 0.15) is 60.3 Å². The van der Waals surface area contributed by atoms with E-state index in [-0.39, 0.29) is 0 Å². The van der Waals surface area contributed by atoms with E-state index >= 15 is 0 Å². The van der Waals surface area contributed by atoms with E-state index in [1.165, 1.54) is 29.0 Å². The highest BCUT2D eigenvalue weighted by Gasteiger charge is 2.26. The molecule has 0 aliphatic carbocycles. The van der Waals surface area contributed by atoms with Crippen molar-refractivity contribution in [2.75, 3.05) is 11.9 Å². The highest BCUT2D eigenvalue weighted by atomic mass is 32.1. The molecule has 1 aliphatic heterocycles. The smallest absolute Gasteiger partial charge is 0.187 e. The molecule has 5 nitrogen and oxygen atoms in total. The number of aromatic nitrogens is 2. The fraction of sp³-hybridized carbons (Fsp3) is 0.435. The lowest BCUT2D eigenvalue weighted by molar-refractivity contribution is 0.139. The van der Waals surface area contributed by atoms with E-state index in [1.54, 1.807) is 23.6 Å². The average molecular weight is 438 g/mol. The Kier molecular flexibility index (Phi) is 6.78. The van der Waals surface area contributed by atoms with E-state index in [1.807, 2.05) is 23.5 Å². The van der Waals surface area contributed by atoms with Crippen LogP contribution in [0, 0.1) is 17.2 Å². The molecule has 4 rings (SSSR count). The molecule has 1 saturated heterocycles. The summed E-state index contributed by atoms with van der Waals surface area (Å²) in [4.78, 5) is 14.5. The number of pyridine rings is 1. The molecule has 7 heteroatoms. The summed E-state index contributed by atoms with van der Waals surface area (Å²) in [6.07, 6.45) is 6.51. The molecule has 156 valence electrons. The predicted molar refractivity (Wildman–Crippen MR) is 124 cm³/mol. The minimum absolute atomic E-state index is 0.375. The Morgan fingerprint density at radius 2 is 2.10 bits per heavy atom. The molecule has 3 aromatic rings. The van der Waals surface area contributed by atoms with Crippen LogP contribution in [0.25, 0.3) is 0 Å². The van der Waals surface area contributed by atoms with Crippen molar-refractivity contribution in [3.8, 4) is 6.07 Å². The van der Waals surface area contributed by atoms with Gasteiger partial charge in [0.25, 0.3) is 0 Å². The van der Waals surface area contributed by atoms with Gasteiger partial charge in [0.15, 0.2) is 5.13 Å². The van der Waals surface area contributed by atoms with Crippen molar-refractivity contribution in [2.24, 2.45) is 5.92 Å². The fourth-order valence-corrected chi connectivity index (χ4v) is 5.92. The van der Waals surface area contributed by atoms with Crippen LogP contribution in [-0.4, -0.2) is 21.4 Å². The minimum atomic E-state index is 0.375. The maximum Gasteiger partial charge on any atom is 0.187 e. The number of thiophene rings is 1. The van der Waals surface area contributed by atoms with Gasteiger partial charge in [-0.25, -0.2) is 9.97 Å². The normalized spacial score (nSPS) is 17.2. The lowest BCUT2D eigenvalue weighted by Crippen LogP contribution is -2.32. The van der Waals surface area contributed by atoms with Gasteiger partial charge in [-0.2, -0.15) is 5.26 Å². The van der Waals surface area contributed by atoms with Crippen LogP contribution >= 0.6 is 22.7 Å². The average Bonchev–Trinajstić information content (AvgIpc) is 3.38. The van der Waals surface area contributed by atoms with Crippen LogP contribution in [-0.2, 0) is 13.0 Å². The van der Waals surface area contributed by atoms with Crippen molar-refractivity contribution in [2.45, 2.75) is 52.1 Å². The van der Waals surface area contributed by atoms with Crippen LogP contribution in [0.4, 0.5) is 10.8 Å². The van der Waals surface area contributed by atoms with Crippen molar-refractivity contribution < 1.29 is 0 Å². The summed E-state index contributed by atoms with van der Waals surface area (Å²) in [7, 11) is 0. The van der Waals surface area contributed by atoms with E-state index < -0.39 is 0 Å². The van der Waals surface area contributed by atoms with Gasteiger partial charge in [0.2, 0.25) is 0 Å². The van der Waals surface area contributed by atoms with Gasteiger partial charge in [-0.1, -0.05) is 20.3 Å². The van der Waals surface area contributed by atoms with Gasteiger partial charge in [0.1, 0.15) is 11.8 Å². The number of anilines is 2. The first-order valence-corrected chi connectivity index (χ1v) is 12.2. The van der Waals surface area contributed by atoms with E-state index in [2.05, 4.69) is 46.6 Å². The number of nitrogens with one attached hydrogen (secondary N) is 1. The molecule has 0 bridgehead atoms. The quantitative estimate of drug-likeness (QED) is 0.481. The number of nitrogens with zero attached hydrogens (tertiary/aromatic N) is 4. The van der Waals surface area contributed by atoms with E-state index in [0.29, 0.717) is 17.7 Å². The maximum absolute atomic E-state index is 8.89. The second-order valence-electron chi connectivity index (χ2n) is 8.19. The second kappa shape index (κ2) is 9.69. The van der Waals surface area contributed by atoms with Crippen molar-refractivity contribution in [1.29, 1.82) is 5.26 Å². The number of piperidine rings is 1. The van der Waals surface area contributed by atoms with Gasteiger partial charge in [-0.15, -0.1) is 22.7 Å². The third-order valence-corrected chi connectivity index (χ3v) is 7.16. The molecule has 1 fully saturated rings. The van der Waals surface area contributed by atoms with Crippen LogP contribution in [0.15, 0.2) is 35.8 Å².